The molecule has 1 fully saturated rings. The summed E-state index contributed by atoms with van der Waals surface area (Å²) in [6.07, 6.45) is 0.435. The van der Waals surface area contributed by atoms with Crippen LogP contribution in [0.3, 0.4) is 0 Å². The second kappa shape index (κ2) is 5.14. The van der Waals surface area contributed by atoms with Crippen LogP contribution in [0.15, 0.2) is 0 Å². The first-order valence-electron chi connectivity index (χ1n) is 5.59. The molecule has 6 heteroatoms. The highest BCUT2D eigenvalue weighted by molar-refractivity contribution is 7.92. The van der Waals surface area contributed by atoms with E-state index in [1.165, 1.54) is 0 Å². The quantitative estimate of drug-likeness (QED) is 0.738. The summed E-state index contributed by atoms with van der Waals surface area (Å²) >= 11 is 0. The zero-order valence-corrected chi connectivity index (χ0v) is 10.7. The van der Waals surface area contributed by atoms with Crippen LogP contribution in [-0.4, -0.2) is 49.9 Å². The molecule has 1 aliphatic heterocycles. The fraction of sp³-hybridized carbons (Fsp3) is 0.900. The highest BCUT2D eigenvalue weighted by Gasteiger charge is 2.34. The fourth-order valence-corrected chi connectivity index (χ4v) is 3.59. The summed E-state index contributed by atoms with van der Waals surface area (Å²) in [6, 6.07) is 0. The number of hydrogen-bond donors (Lipinski definition) is 1. The Balaban J connectivity index is 2.73. The molecule has 0 bridgehead atoms. The first-order valence-corrected chi connectivity index (χ1v) is 7.30. The summed E-state index contributed by atoms with van der Waals surface area (Å²) in [5, 5.41) is -0.478. The number of carbonyl (C=O) groups excluding carboxylic acids is 1. The molecule has 1 amide bonds. The van der Waals surface area contributed by atoms with Crippen molar-refractivity contribution in [3.8, 4) is 0 Å². The predicted octanol–water partition coefficient (Wildman–Crippen LogP) is -0.383. The number of amides is 1. The molecule has 0 radical (unpaired) electrons. The van der Waals surface area contributed by atoms with Crippen LogP contribution in [0.4, 0.5) is 0 Å². The topological polar surface area (TPSA) is 80.5 Å². The molecule has 0 saturated carbocycles. The highest BCUT2D eigenvalue weighted by Crippen LogP contribution is 2.17. The van der Waals surface area contributed by atoms with Gasteiger partial charge in [0.2, 0.25) is 5.91 Å². The first kappa shape index (κ1) is 13.4. The molecule has 2 N–H and O–H groups in total. The van der Waals surface area contributed by atoms with E-state index in [1.807, 2.05) is 13.8 Å². The lowest BCUT2D eigenvalue weighted by atomic mass is 10.1. The van der Waals surface area contributed by atoms with Crippen molar-refractivity contribution in [2.45, 2.75) is 25.5 Å². The van der Waals surface area contributed by atoms with Gasteiger partial charge in [0.25, 0.3) is 0 Å². The number of carbonyl (C=O) groups is 1. The Hall–Kier alpha value is -0.620. The van der Waals surface area contributed by atoms with Gasteiger partial charge in [-0.15, -0.1) is 0 Å². The summed E-state index contributed by atoms with van der Waals surface area (Å²) in [7, 11) is -3.05. The molecule has 1 rings (SSSR count). The van der Waals surface area contributed by atoms with Gasteiger partial charge < -0.3 is 10.6 Å². The molecule has 1 aliphatic rings. The molecule has 0 aromatic rings. The molecular formula is C10H20N2O3S. The van der Waals surface area contributed by atoms with Crippen LogP contribution < -0.4 is 5.73 Å². The summed E-state index contributed by atoms with van der Waals surface area (Å²) in [6.45, 7) is 4.61. The second-order valence-corrected chi connectivity index (χ2v) is 6.91. The summed E-state index contributed by atoms with van der Waals surface area (Å²) < 4.78 is 23.4. The largest absolute Gasteiger partial charge is 0.340 e. The van der Waals surface area contributed by atoms with E-state index in [0.717, 1.165) is 0 Å². The van der Waals surface area contributed by atoms with Crippen molar-refractivity contribution in [1.29, 1.82) is 0 Å². The number of nitrogens with two attached hydrogens (primary N) is 1. The molecule has 1 atom stereocenters. The maximum Gasteiger partial charge on any atom is 0.225 e. The van der Waals surface area contributed by atoms with Gasteiger partial charge in [-0.25, -0.2) is 8.42 Å². The molecule has 1 saturated heterocycles. The minimum atomic E-state index is -3.05. The molecule has 0 aromatic heterocycles. The van der Waals surface area contributed by atoms with Crippen LogP contribution in [0.1, 0.15) is 20.3 Å². The maximum absolute atomic E-state index is 11.8. The van der Waals surface area contributed by atoms with Gasteiger partial charge in [0.05, 0.1) is 11.0 Å². The summed E-state index contributed by atoms with van der Waals surface area (Å²) in [5.41, 5.74) is 5.39. The second-order valence-electron chi connectivity index (χ2n) is 4.51. The third-order valence-corrected chi connectivity index (χ3v) is 5.02. The number of sulfone groups is 1. The Morgan fingerprint density at radius 2 is 2.12 bits per heavy atom. The van der Waals surface area contributed by atoms with Crippen LogP contribution in [0.25, 0.3) is 0 Å². The third-order valence-electron chi connectivity index (χ3n) is 2.87. The van der Waals surface area contributed by atoms with E-state index in [9.17, 15) is 13.2 Å². The molecule has 1 unspecified atom stereocenters. The minimum Gasteiger partial charge on any atom is -0.340 e. The lowest BCUT2D eigenvalue weighted by molar-refractivity contribution is -0.134. The molecule has 0 spiro atoms. The molecule has 0 aliphatic carbocycles. The molecule has 94 valence electrons. The van der Waals surface area contributed by atoms with Crippen LogP contribution in [0.5, 0.6) is 0 Å². The van der Waals surface area contributed by atoms with Crippen LogP contribution in [-0.2, 0) is 14.6 Å². The Bertz CT molecular complexity index is 351. The number of hydrogen-bond acceptors (Lipinski definition) is 4. The average molecular weight is 248 g/mol. The van der Waals surface area contributed by atoms with Gasteiger partial charge in [0.15, 0.2) is 9.84 Å². The van der Waals surface area contributed by atoms with E-state index in [2.05, 4.69) is 0 Å². The van der Waals surface area contributed by atoms with Gasteiger partial charge in [-0.1, -0.05) is 13.8 Å². The number of nitrogens with zero attached hydrogens (tertiary/aromatic N) is 1. The van der Waals surface area contributed by atoms with Crippen molar-refractivity contribution < 1.29 is 13.2 Å². The Morgan fingerprint density at radius 3 is 2.62 bits per heavy atom. The van der Waals surface area contributed by atoms with Gasteiger partial charge >= 0.3 is 0 Å². The molecular weight excluding hydrogens is 228 g/mol. The zero-order chi connectivity index (χ0) is 12.3. The Labute approximate surface area is 96.9 Å². The third kappa shape index (κ3) is 2.95. The van der Waals surface area contributed by atoms with E-state index < -0.39 is 15.1 Å². The van der Waals surface area contributed by atoms with Crippen LogP contribution in [0.2, 0.25) is 0 Å². The number of rotatable bonds is 3. The van der Waals surface area contributed by atoms with Gasteiger partial charge in [-0.2, -0.15) is 0 Å². The zero-order valence-electron chi connectivity index (χ0n) is 9.85. The SMILES string of the molecule is CC(C)C(=O)N1CCS(=O)(=O)C(CCN)C1. The summed E-state index contributed by atoms with van der Waals surface area (Å²) in [5.74, 6) is 0.00658. The lowest BCUT2D eigenvalue weighted by Gasteiger charge is -2.33. The molecule has 5 nitrogen and oxygen atoms in total. The minimum absolute atomic E-state index is 0.0249. The van der Waals surface area contributed by atoms with Gasteiger partial charge in [0, 0.05) is 19.0 Å². The van der Waals surface area contributed by atoms with Crippen LogP contribution >= 0.6 is 0 Å². The lowest BCUT2D eigenvalue weighted by Crippen LogP contribution is -2.50. The Kier molecular flexibility index (Phi) is 4.32. The molecule has 16 heavy (non-hydrogen) atoms. The predicted molar refractivity (Wildman–Crippen MR) is 62.7 cm³/mol. The van der Waals surface area contributed by atoms with E-state index in [1.54, 1.807) is 4.90 Å². The highest BCUT2D eigenvalue weighted by atomic mass is 32.2. The van der Waals surface area contributed by atoms with E-state index in [0.29, 0.717) is 26.1 Å². The van der Waals surface area contributed by atoms with E-state index >= 15 is 0 Å². The average Bonchev–Trinajstić information content (AvgIpc) is 2.20. The smallest absolute Gasteiger partial charge is 0.225 e. The van der Waals surface area contributed by atoms with Crippen molar-refractivity contribution in [3.63, 3.8) is 0 Å². The van der Waals surface area contributed by atoms with Gasteiger partial charge in [0.1, 0.15) is 0 Å². The standard InChI is InChI=1S/C10H20N2O3S/c1-8(2)10(13)12-5-6-16(14,15)9(7-12)3-4-11/h8-9H,3-7,11H2,1-2H3. The van der Waals surface area contributed by atoms with Crippen molar-refractivity contribution in [3.05, 3.63) is 0 Å². The van der Waals surface area contributed by atoms with Crippen molar-refractivity contribution in [2.75, 3.05) is 25.4 Å². The molecule has 0 aromatic carbocycles. The van der Waals surface area contributed by atoms with Crippen molar-refractivity contribution in [2.24, 2.45) is 11.7 Å². The van der Waals surface area contributed by atoms with Gasteiger partial charge in [-0.3, -0.25) is 4.79 Å². The fourth-order valence-electron chi connectivity index (χ4n) is 1.88. The monoisotopic (exact) mass is 248 g/mol. The Morgan fingerprint density at radius 1 is 1.50 bits per heavy atom. The maximum atomic E-state index is 11.8. The normalized spacial score (nSPS) is 24.8. The van der Waals surface area contributed by atoms with Crippen molar-refractivity contribution in [1.82, 2.24) is 4.90 Å². The van der Waals surface area contributed by atoms with Gasteiger partial charge in [-0.05, 0) is 13.0 Å². The summed E-state index contributed by atoms with van der Waals surface area (Å²) in [4.78, 5) is 13.4. The van der Waals surface area contributed by atoms with Crippen LogP contribution in [0, 0.1) is 5.92 Å². The molecule has 1 heterocycles. The first-order chi connectivity index (χ1) is 7.38. The van der Waals surface area contributed by atoms with Crippen molar-refractivity contribution >= 4 is 15.7 Å². The van der Waals surface area contributed by atoms with E-state index in [4.69, 9.17) is 5.73 Å². The van der Waals surface area contributed by atoms with E-state index in [-0.39, 0.29) is 17.6 Å².